The summed E-state index contributed by atoms with van der Waals surface area (Å²) in [5.41, 5.74) is 7.45. The van der Waals surface area contributed by atoms with Gasteiger partial charge in [0, 0.05) is 17.4 Å². The lowest BCUT2D eigenvalue weighted by atomic mass is 10.3. The Morgan fingerprint density at radius 2 is 1.82 bits per heavy atom. The van der Waals surface area contributed by atoms with Crippen LogP contribution in [-0.2, 0) is 0 Å². The molecule has 0 saturated carbocycles. The number of aryl methyl sites for hydroxylation is 2. The molecule has 0 radical (unpaired) electrons. The topological polar surface area (TPSA) is 48.1 Å². The van der Waals surface area contributed by atoms with Crippen molar-refractivity contribution in [2.24, 2.45) is 0 Å². The Morgan fingerprint density at radius 3 is 2.47 bits per heavy atom. The van der Waals surface area contributed by atoms with Crippen LogP contribution < -0.4 is 10.5 Å². The minimum absolute atomic E-state index is 0.146. The summed E-state index contributed by atoms with van der Waals surface area (Å²) in [7, 11) is 0. The second-order valence-electron chi connectivity index (χ2n) is 3.83. The van der Waals surface area contributed by atoms with Crippen LogP contribution in [0.15, 0.2) is 30.3 Å². The largest absolute Gasteiger partial charge is 0.452 e. The highest BCUT2D eigenvalue weighted by molar-refractivity contribution is 5.44. The highest BCUT2D eigenvalue weighted by atomic mass is 19.1. The van der Waals surface area contributed by atoms with E-state index >= 15 is 0 Å². The van der Waals surface area contributed by atoms with Crippen molar-refractivity contribution in [1.82, 2.24) is 4.98 Å². The number of nitrogen functional groups attached to an aromatic ring is 1. The van der Waals surface area contributed by atoms with Crippen LogP contribution in [0, 0.1) is 19.7 Å². The Morgan fingerprint density at radius 1 is 1.12 bits per heavy atom. The van der Waals surface area contributed by atoms with Crippen molar-refractivity contribution in [3.63, 3.8) is 0 Å². The molecule has 1 heterocycles. The van der Waals surface area contributed by atoms with Crippen molar-refractivity contribution >= 4 is 5.69 Å². The lowest BCUT2D eigenvalue weighted by Gasteiger charge is -2.09. The number of nitrogens with two attached hydrogens (primary N) is 1. The van der Waals surface area contributed by atoms with E-state index in [1.807, 2.05) is 19.9 Å². The van der Waals surface area contributed by atoms with Gasteiger partial charge in [-0.25, -0.2) is 4.39 Å². The first-order valence-corrected chi connectivity index (χ1v) is 5.23. The van der Waals surface area contributed by atoms with E-state index in [9.17, 15) is 4.39 Å². The molecule has 0 atom stereocenters. The second-order valence-corrected chi connectivity index (χ2v) is 3.83. The van der Waals surface area contributed by atoms with Gasteiger partial charge >= 0.3 is 0 Å². The lowest BCUT2D eigenvalue weighted by molar-refractivity contribution is 0.437. The van der Waals surface area contributed by atoms with Gasteiger partial charge in [-0.3, -0.25) is 4.98 Å². The first-order valence-electron chi connectivity index (χ1n) is 5.23. The molecule has 3 nitrogen and oxygen atoms in total. The molecule has 2 N–H and O–H groups in total. The van der Waals surface area contributed by atoms with Gasteiger partial charge in [-0.15, -0.1) is 0 Å². The summed E-state index contributed by atoms with van der Waals surface area (Å²) >= 11 is 0. The summed E-state index contributed by atoms with van der Waals surface area (Å²) in [6, 6.07) is 7.91. The van der Waals surface area contributed by atoms with Gasteiger partial charge in [0.1, 0.15) is 5.75 Å². The van der Waals surface area contributed by atoms with E-state index in [1.54, 1.807) is 12.1 Å². The second kappa shape index (κ2) is 4.41. The number of ether oxygens (including phenoxy) is 1. The maximum Gasteiger partial charge on any atom is 0.167 e. The molecule has 4 heteroatoms. The quantitative estimate of drug-likeness (QED) is 0.809. The van der Waals surface area contributed by atoms with Crippen LogP contribution in [0.3, 0.4) is 0 Å². The van der Waals surface area contributed by atoms with E-state index in [2.05, 4.69) is 4.98 Å². The predicted octanol–water partition coefficient (Wildman–Crippen LogP) is 3.21. The van der Waals surface area contributed by atoms with Crippen molar-refractivity contribution in [2.75, 3.05) is 5.73 Å². The SMILES string of the molecule is Cc1ccc(Oc2ccc(N)cc2F)c(C)n1. The van der Waals surface area contributed by atoms with E-state index in [4.69, 9.17) is 10.5 Å². The van der Waals surface area contributed by atoms with Gasteiger partial charge in [0.05, 0.1) is 5.69 Å². The third-order valence-corrected chi connectivity index (χ3v) is 2.35. The summed E-state index contributed by atoms with van der Waals surface area (Å²) in [5, 5.41) is 0. The van der Waals surface area contributed by atoms with Crippen molar-refractivity contribution in [2.45, 2.75) is 13.8 Å². The third-order valence-electron chi connectivity index (χ3n) is 2.35. The fraction of sp³-hybridized carbons (Fsp3) is 0.154. The summed E-state index contributed by atoms with van der Waals surface area (Å²) in [6.07, 6.45) is 0. The Labute approximate surface area is 99.1 Å². The van der Waals surface area contributed by atoms with Gasteiger partial charge < -0.3 is 10.5 Å². The standard InChI is InChI=1S/C13H13FN2O/c1-8-3-5-12(9(2)16-8)17-13-6-4-10(15)7-11(13)14/h3-7H,15H2,1-2H3. The molecule has 0 aliphatic rings. The Kier molecular flexibility index (Phi) is 2.95. The summed E-state index contributed by atoms with van der Waals surface area (Å²) in [5.74, 6) is 0.206. The van der Waals surface area contributed by atoms with Crippen LogP contribution in [0.1, 0.15) is 11.4 Å². The van der Waals surface area contributed by atoms with Crippen molar-refractivity contribution in [1.29, 1.82) is 0 Å². The zero-order chi connectivity index (χ0) is 12.4. The van der Waals surface area contributed by atoms with Crippen LogP contribution in [0.5, 0.6) is 11.5 Å². The number of rotatable bonds is 2. The first-order chi connectivity index (χ1) is 8.06. The molecule has 1 aromatic carbocycles. The Balaban J connectivity index is 2.31. The molecule has 0 fully saturated rings. The molecule has 88 valence electrons. The van der Waals surface area contributed by atoms with E-state index in [0.717, 1.165) is 11.4 Å². The molecule has 1 aromatic heterocycles. The highest BCUT2D eigenvalue weighted by Gasteiger charge is 2.07. The van der Waals surface area contributed by atoms with E-state index in [0.29, 0.717) is 11.4 Å². The molecular formula is C13H13FN2O. The zero-order valence-corrected chi connectivity index (χ0v) is 9.70. The molecule has 0 spiro atoms. The molecule has 0 aliphatic carbocycles. The number of hydrogen-bond acceptors (Lipinski definition) is 3. The van der Waals surface area contributed by atoms with Gasteiger partial charge in [0.15, 0.2) is 11.6 Å². The maximum absolute atomic E-state index is 13.5. The summed E-state index contributed by atoms with van der Waals surface area (Å²) < 4.78 is 19.0. The average Bonchev–Trinajstić information content (AvgIpc) is 2.25. The fourth-order valence-electron chi connectivity index (χ4n) is 1.50. The Bertz CT molecular complexity index is 506. The van der Waals surface area contributed by atoms with Gasteiger partial charge in [-0.05, 0) is 38.1 Å². The molecule has 0 amide bonds. The van der Waals surface area contributed by atoms with Crippen molar-refractivity contribution < 1.29 is 9.13 Å². The molecule has 2 aromatic rings. The van der Waals surface area contributed by atoms with Gasteiger partial charge in [0.25, 0.3) is 0 Å². The number of hydrogen-bond donors (Lipinski definition) is 1. The predicted molar refractivity (Wildman–Crippen MR) is 64.6 cm³/mol. The smallest absolute Gasteiger partial charge is 0.167 e. The normalized spacial score (nSPS) is 10.3. The molecule has 0 unspecified atom stereocenters. The first kappa shape index (κ1) is 11.4. The zero-order valence-electron chi connectivity index (χ0n) is 9.70. The average molecular weight is 232 g/mol. The number of nitrogens with zero attached hydrogens (tertiary/aromatic N) is 1. The minimum atomic E-state index is -0.482. The minimum Gasteiger partial charge on any atom is -0.452 e. The van der Waals surface area contributed by atoms with Crippen LogP contribution in [-0.4, -0.2) is 4.98 Å². The van der Waals surface area contributed by atoms with Gasteiger partial charge in [-0.1, -0.05) is 0 Å². The van der Waals surface area contributed by atoms with E-state index in [-0.39, 0.29) is 5.75 Å². The molecule has 0 aliphatic heterocycles. The van der Waals surface area contributed by atoms with Crippen LogP contribution in [0.25, 0.3) is 0 Å². The summed E-state index contributed by atoms with van der Waals surface area (Å²) in [4.78, 5) is 4.24. The van der Waals surface area contributed by atoms with Gasteiger partial charge in [-0.2, -0.15) is 0 Å². The van der Waals surface area contributed by atoms with E-state index < -0.39 is 5.82 Å². The maximum atomic E-state index is 13.5. The van der Waals surface area contributed by atoms with E-state index in [1.165, 1.54) is 12.1 Å². The fourth-order valence-corrected chi connectivity index (χ4v) is 1.50. The third kappa shape index (κ3) is 2.53. The van der Waals surface area contributed by atoms with Crippen LogP contribution >= 0.6 is 0 Å². The molecule has 17 heavy (non-hydrogen) atoms. The van der Waals surface area contributed by atoms with Crippen molar-refractivity contribution in [3.05, 3.63) is 47.5 Å². The molecule has 2 rings (SSSR count). The summed E-state index contributed by atoms with van der Waals surface area (Å²) in [6.45, 7) is 3.71. The Hall–Kier alpha value is -2.10. The number of benzene rings is 1. The monoisotopic (exact) mass is 232 g/mol. The van der Waals surface area contributed by atoms with Gasteiger partial charge in [0.2, 0.25) is 0 Å². The molecule has 0 bridgehead atoms. The van der Waals surface area contributed by atoms with Crippen molar-refractivity contribution in [3.8, 4) is 11.5 Å². The lowest BCUT2D eigenvalue weighted by Crippen LogP contribution is -1.95. The molecule has 0 saturated heterocycles. The number of halogens is 1. The highest BCUT2D eigenvalue weighted by Crippen LogP contribution is 2.27. The number of anilines is 1. The molecular weight excluding hydrogens is 219 g/mol. The van der Waals surface area contributed by atoms with Crippen LogP contribution in [0.4, 0.5) is 10.1 Å². The van der Waals surface area contributed by atoms with Crippen LogP contribution in [0.2, 0.25) is 0 Å². The number of pyridine rings is 1. The number of aromatic nitrogens is 1.